The van der Waals surface area contributed by atoms with Crippen LogP contribution in [0.3, 0.4) is 0 Å². The first-order valence-electron chi connectivity index (χ1n) is 8.40. The summed E-state index contributed by atoms with van der Waals surface area (Å²) in [5.41, 5.74) is 1.94. The van der Waals surface area contributed by atoms with E-state index in [1.165, 1.54) is 0 Å². The number of amides is 1. The predicted molar refractivity (Wildman–Crippen MR) is 91.3 cm³/mol. The maximum Gasteiger partial charge on any atom is 0.260 e. The van der Waals surface area contributed by atoms with Crippen LogP contribution >= 0.6 is 0 Å². The van der Waals surface area contributed by atoms with Crippen LogP contribution in [0, 0.1) is 0 Å². The van der Waals surface area contributed by atoms with Crippen LogP contribution in [0.5, 0.6) is 5.75 Å². The molecule has 1 amide bonds. The van der Waals surface area contributed by atoms with Gasteiger partial charge >= 0.3 is 0 Å². The van der Waals surface area contributed by atoms with Gasteiger partial charge in [0.25, 0.3) is 5.91 Å². The lowest BCUT2D eigenvalue weighted by Gasteiger charge is -2.31. The molecule has 4 rings (SSSR count). The van der Waals surface area contributed by atoms with Gasteiger partial charge in [-0.25, -0.2) is 9.50 Å². The van der Waals surface area contributed by atoms with Gasteiger partial charge in [0.2, 0.25) is 0 Å². The highest BCUT2D eigenvalue weighted by Crippen LogP contribution is 2.27. The van der Waals surface area contributed by atoms with Gasteiger partial charge in [0, 0.05) is 43.2 Å². The van der Waals surface area contributed by atoms with Crippen molar-refractivity contribution < 1.29 is 9.53 Å². The highest BCUT2D eigenvalue weighted by molar-refractivity contribution is 5.77. The molecule has 25 heavy (non-hydrogen) atoms. The summed E-state index contributed by atoms with van der Waals surface area (Å²) >= 11 is 0. The van der Waals surface area contributed by atoms with Crippen LogP contribution in [-0.4, -0.2) is 50.1 Å². The van der Waals surface area contributed by atoms with E-state index in [9.17, 15) is 4.79 Å². The normalized spacial score (nSPS) is 15.4. The number of pyridine rings is 1. The van der Waals surface area contributed by atoms with Crippen LogP contribution in [-0.2, 0) is 4.79 Å². The second kappa shape index (κ2) is 6.88. The number of carbonyl (C=O) groups excluding carboxylic acids is 1. The van der Waals surface area contributed by atoms with Crippen molar-refractivity contribution in [2.75, 3.05) is 19.7 Å². The van der Waals surface area contributed by atoms with Gasteiger partial charge < -0.3 is 9.64 Å². The maximum absolute atomic E-state index is 12.3. The zero-order valence-corrected chi connectivity index (χ0v) is 13.8. The van der Waals surface area contributed by atoms with Gasteiger partial charge in [-0.3, -0.25) is 9.78 Å². The molecule has 7 nitrogen and oxygen atoms in total. The van der Waals surface area contributed by atoms with Crippen LogP contribution < -0.4 is 4.74 Å². The van der Waals surface area contributed by atoms with E-state index >= 15 is 0 Å². The van der Waals surface area contributed by atoms with E-state index in [0.29, 0.717) is 11.7 Å². The van der Waals surface area contributed by atoms with Crippen molar-refractivity contribution in [3.8, 4) is 5.75 Å². The van der Waals surface area contributed by atoms with Gasteiger partial charge in [-0.2, -0.15) is 5.10 Å². The summed E-state index contributed by atoms with van der Waals surface area (Å²) < 4.78 is 7.26. The second-order valence-corrected chi connectivity index (χ2v) is 6.12. The first kappa shape index (κ1) is 15.6. The van der Waals surface area contributed by atoms with Crippen LogP contribution in [0.1, 0.15) is 24.5 Å². The summed E-state index contributed by atoms with van der Waals surface area (Å²) in [5.74, 6) is 1.01. The van der Waals surface area contributed by atoms with Crippen LogP contribution in [0.4, 0.5) is 0 Å². The third-order valence-electron chi connectivity index (χ3n) is 4.54. The van der Waals surface area contributed by atoms with Gasteiger partial charge in [-0.05, 0) is 31.0 Å². The minimum Gasteiger partial charge on any atom is -0.482 e. The average molecular weight is 337 g/mol. The van der Waals surface area contributed by atoms with Crippen molar-refractivity contribution in [1.29, 1.82) is 0 Å². The number of nitrogens with zero attached hydrogens (tertiary/aromatic N) is 5. The van der Waals surface area contributed by atoms with E-state index in [1.807, 2.05) is 23.2 Å². The average Bonchev–Trinajstić information content (AvgIpc) is 3.15. The SMILES string of the molecule is O=C(COc1cccnc1)N1CCC(c2ccn3nccc3n2)CC1. The molecule has 0 aromatic carbocycles. The Kier molecular flexibility index (Phi) is 4.28. The molecule has 1 aliphatic rings. The smallest absolute Gasteiger partial charge is 0.260 e. The number of likely N-dealkylation sites (tertiary alicyclic amines) is 1. The van der Waals surface area contributed by atoms with Gasteiger partial charge in [-0.1, -0.05) is 0 Å². The molecule has 3 aromatic heterocycles. The molecule has 1 aliphatic heterocycles. The lowest BCUT2D eigenvalue weighted by atomic mass is 9.93. The van der Waals surface area contributed by atoms with Crippen molar-refractivity contribution in [3.63, 3.8) is 0 Å². The Bertz CT molecular complexity index is 856. The number of rotatable bonds is 4. The van der Waals surface area contributed by atoms with Gasteiger partial charge in [0.15, 0.2) is 12.3 Å². The number of carbonyl (C=O) groups is 1. The summed E-state index contributed by atoms with van der Waals surface area (Å²) in [4.78, 5) is 22.8. The van der Waals surface area contributed by atoms with Gasteiger partial charge in [-0.15, -0.1) is 0 Å². The minimum absolute atomic E-state index is 0.0153. The van der Waals surface area contributed by atoms with Crippen molar-refractivity contribution in [2.45, 2.75) is 18.8 Å². The molecular formula is C18H19N5O2. The second-order valence-electron chi connectivity index (χ2n) is 6.12. The molecule has 0 saturated carbocycles. The molecule has 0 radical (unpaired) electrons. The molecule has 128 valence electrons. The minimum atomic E-state index is 0.0153. The Morgan fingerprint density at radius 2 is 2.08 bits per heavy atom. The van der Waals surface area contributed by atoms with Crippen molar-refractivity contribution in [2.24, 2.45) is 0 Å². The molecular weight excluding hydrogens is 318 g/mol. The highest BCUT2D eigenvalue weighted by Gasteiger charge is 2.25. The topological polar surface area (TPSA) is 72.6 Å². The maximum atomic E-state index is 12.3. The monoisotopic (exact) mass is 337 g/mol. The number of hydrogen-bond acceptors (Lipinski definition) is 5. The van der Waals surface area contributed by atoms with Crippen LogP contribution in [0.2, 0.25) is 0 Å². The summed E-state index contributed by atoms with van der Waals surface area (Å²) in [6.07, 6.45) is 8.80. The standard InChI is InChI=1S/C18H19N5O2/c24-18(13-25-15-2-1-7-19-12-15)22-9-4-14(5-10-22)16-6-11-23-17(21-16)3-8-20-23/h1-3,6-8,11-12,14H,4-5,9-10,13H2. The Morgan fingerprint density at radius 1 is 1.20 bits per heavy atom. The molecule has 0 aliphatic carbocycles. The third-order valence-corrected chi connectivity index (χ3v) is 4.54. The van der Waals surface area contributed by atoms with Crippen molar-refractivity contribution in [3.05, 3.63) is 54.7 Å². The number of ether oxygens (including phenoxy) is 1. The van der Waals surface area contributed by atoms with E-state index in [-0.39, 0.29) is 12.5 Å². The van der Waals surface area contributed by atoms with E-state index < -0.39 is 0 Å². The number of hydrogen-bond donors (Lipinski definition) is 0. The van der Waals surface area contributed by atoms with E-state index in [2.05, 4.69) is 15.1 Å². The van der Waals surface area contributed by atoms with E-state index in [1.54, 1.807) is 35.2 Å². The molecule has 0 atom stereocenters. The molecule has 1 saturated heterocycles. The van der Waals surface area contributed by atoms with E-state index in [4.69, 9.17) is 4.74 Å². The highest BCUT2D eigenvalue weighted by atomic mass is 16.5. The zero-order valence-electron chi connectivity index (χ0n) is 13.8. The van der Waals surface area contributed by atoms with Gasteiger partial charge in [0.1, 0.15) is 5.75 Å². The molecule has 0 unspecified atom stereocenters. The molecule has 0 N–H and O–H groups in total. The van der Waals surface area contributed by atoms with Crippen LogP contribution in [0.25, 0.3) is 5.65 Å². The van der Waals surface area contributed by atoms with Crippen molar-refractivity contribution in [1.82, 2.24) is 24.5 Å². The Labute approximate surface area is 145 Å². The number of aromatic nitrogens is 4. The molecule has 3 aromatic rings. The molecule has 0 bridgehead atoms. The van der Waals surface area contributed by atoms with Crippen LogP contribution in [0.15, 0.2) is 49.1 Å². The van der Waals surface area contributed by atoms with E-state index in [0.717, 1.165) is 37.3 Å². The molecule has 4 heterocycles. The fraction of sp³-hybridized carbons (Fsp3) is 0.333. The predicted octanol–water partition coefficient (Wildman–Crippen LogP) is 1.91. The first-order valence-corrected chi connectivity index (χ1v) is 8.40. The molecule has 7 heteroatoms. The zero-order chi connectivity index (χ0) is 17.1. The van der Waals surface area contributed by atoms with Crippen molar-refractivity contribution >= 4 is 11.6 Å². The lowest BCUT2D eigenvalue weighted by molar-refractivity contribution is -0.134. The fourth-order valence-electron chi connectivity index (χ4n) is 3.15. The fourth-order valence-corrected chi connectivity index (χ4v) is 3.15. The largest absolute Gasteiger partial charge is 0.482 e. The summed E-state index contributed by atoms with van der Waals surface area (Å²) in [7, 11) is 0. The van der Waals surface area contributed by atoms with Gasteiger partial charge in [0.05, 0.1) is 12.4 Å². The molecule has 0 spiro atoms. The molecule has 1 fully saturated rings. The lowest BCUT2D eigenvalue weighted by Crippen LogP contribution is -2.40. The third kappa shape index (κ3) is 3.45. The number of piperidine rings is 1. The number of fused-ring (bicyclic) bond motifs is 1. The summed E-state index contributed by atoms with van der Waals surface area (Å²) in [6.45, 7) is 1.51. The summed E-state index contributed by atoms with van der Waals surface area (Å²) in [6, 6.07) is 7.51. The summed E-state index contributed by atoms with van der Waals surface area (Å²) in [5, 5.41) is 4.17. The Hall–Kier alpha value is -2.96. The Balaban J connectivity index is 1.32. The quantitative estimate of drug-likeness (QED) is 0.727. The first-order chi connectivity index (χ1) is 12.3. The Morgan fingerprint density at radius 3 is 2.88 bits per heavy atom.